The average Bonchev–Trinajstić information content (AvgIpc) is 3.32. The van der Waals surface area contributed by atoms with Crippen LogP contribution in [0.5, 0.6) is 5.75 Å². The number of anilines is 5. The van der Waals surface area contributed by atoms with E-state index in [9.17, 15) is 9.59 Å². The van der Waals surface area contributed by atoms with E-state index < -0.39 is 5.92 Å². The Morgan fingerprint density at radius 3 is 2.61 bits per heavy atom. The van der Waals surface area contributed by atoms with Gasteiger partial charge < -0.3 is 29.9 Å². The van der Waals surface area contributed by atoms with E-state index in [2.05, 4.69) is 25.7 Å². The number of hydrogen-bond donors (Lipinski definition) is 2. The molecule has 0 bridgehead atoms. The predicted molar refractivity (Wildman–Crippen MR) is 137 cm³/mol. The number of aromatic nitrogens is 2. The standard InChI is InChI=1S/C26H28N6O4/c1-35-23-4-2-3-21(14-23)32-17-18(13-25(32)33)26(34)29-20-7-5-19(6-8-20)28-24-15-22(16-27-30-24)31-9-11-36-12-10-31/h2-8,14-16,18H,9-13,17H2,1H3,(H,28,30)(H,29,34). The van der Waals surface area contributed by atoms with Crippen LogP contribution in [0.15, 0.2) is 60.8 Å². The fourth-order valence-corrected chi connectivity index (χ4v) is 4.35. The lowest BCUT2D eigenvalue weighted by Crippen LogP contribution is -2.36. The van der Waals surface area contributed by atoms with Crippen LogP contribution in [-0.4, -0.2) is 62.0 Å². The molecule has 0 radical (unpaired) electrons. The molecule has 2 aliphatic heterocycles. The van der Waals surface area contributed by atoms with Crippen LogP contribution in [0.2, 0.25) is 0 Å². The molecule has 5 rings (SSSR count). The summed E-state index contributed by atoms with van der Waals surface area (Å²) in [6.45, 7) is 3.38. The zero-order chi connectivity index (χ0) is 24.9. The fraction of sp³-hybridized carbons (Fsp3) is 0.308. The van der Waals surface area contributed by atoms with Gasteiger partial charge in [0.15, 0.2) is 5.82 Å². The normalized spacial score (nSPS) is 17.7. The molecule has 2 amide bonds. The van der Waals surface area contributed by atoms with Gasteiger partial charge in [0.1, 0.15) is 5.75 Å². The van der Waals surface area contributed by atoms with Crippen molar-refractivity contribution in [2.45, 2.75) is 6.42 Å². The number of amides is 2. The molecule has 1 aromatic heterocycles. The van der Waals surface area contributed by atoms with Crippen molar-refractivity contribution < 1.29 is 19.1 Å². The monoisotopic (exact) mass is 488 g/mol. The molecule has 186 valence electrons. The highest BCUT2D eigenvalue weighted by Crippen LogP contribution is 2.29. The number of hydrogen-bond acceptors (Lipinski definition) is 8. The molecule has 2 aliphatic rings. The highest BCUT2D eigenvalue weighted by molar-refractivity contribution is 6.03. The number of nitrogens with zero attached hydrogens (tertiary/aromatic N) is 4. The molecule has 2 N–H and O–H groups in total. The molecule has 3 heterocycles. The van der Waals surface area contributed by atoms with E-state index >= 15 is 0 Å². The number of benzene rings is 2. The number of morpholine rings is 1. The first-order chi connectivity index (χ1) is 17.6. The minimum atomic E-state index is -0.431. The Balaban J connectivity index is 1.18. The van der Waals surface area contributed by atoms with E-state index in [4.69, 9.17) is 9.47 Å². The zero-order valence-corrected chi connectivity index (χ0v) is 20.0. The van der Waals surface area contributed by atoms with Gasteiger partial charge in [0, 0.05) is 55.2 Å². The Bertz CT molecular complexity index is 1230. The quantitative estimate of drug-likeness (QED) is 0.522. The van der Waals surface area contributed by atoms with E-state index in [1.165, 1.54) is 0 Å². The average molecular weight is 489 g/mol. The molecule has 2 fully saturated rings. The third-order valence-electron chi connectivity index (χ3n) is 6.30. The Morgan fingerprint density at radius 2 is 1.83 bits per heavy atom. The first kappa shape index (κ1) is 23.6. The fourth-order valence-electron chi connectivity index (χ4n) is 4.35. The summed E-state index contributed by atoms with van der Waals surface area (Å²) in [6, 6.07) is 16.6. The van der Waals surface area contributed by atoms with Crippen molar-refractivity contribution in [3.05, 3.63) is 60.8 Å². The van der Waals surface area contributed by atoms with E-state index in [0.29, 0.717) is 37.0 Å². The van der Waals surface area contributed by atoms with Crippen LogP contribution in [0.1, 0.15) is 6.42 Å². The molecule has 10 nitrogen and oxygen atoms in total. The van der Waals surface area contributed by atoms with Gasteiger partial charge in [0.25, 0.3) is 0 Å². The Kier molecular flexibility index (Phi) is 6.94. The molecular formula is C26H28N6O4. The number of carbonyl (C=O) groups excluding carboxylic acids is 2. The van der Waals surface area contributed by atoms with Crippen LogP contribution in [0.25, 0.3) is 0 Å². The maximum atomic E-state index is 12.9. The molecule has 36 heavy (non-hydrogen) atoms. The lowest BCUT2D eigenvalue weighted by Gasteiger charge is -2.28. The summed E-state index contributed by atoms with van der Waals surface area (Å²) in [4.78, 5) is 29.3. The molecule has 10 heteroatoms. The topological polar surface area (TPSA) is 109 Å². The summed E-state index contributed by atoms with van der Waals surface area (Å²) in [5, 5.41) is 14.5. The smallest absolute Gasteiger partial charge is 0.229 e. The summed E-state index contributed by atoms with van der Waals surface area (Å²) < 4.78 is 10.7. The van der Waals surface area contributed by atoms with Crippen LogP contribution in [0.3, 0.4) is 0 Å². The maximum absolute atomic E-state index is 12.9. The second-order valence-corrected chi connectivity index (χ2v) is 8.70. The predicted octanol–water partition coefficient (Wildman–Crippen LogP) is 3.06. The Labute approximate surface area is 209 Å². The van der Waals surface area contributed by atoms with Gasteiger partial charge in [-0.05, 0) is 36.4 Å². The van der Waals surface area contributed by atoms with Crippen LogP contribution >= 0.6 is 0 Å². The third kappa shape index (κ3) is 5.38. The number of ether oxygens (including phenoxy) is 2. The molecule has 0 aliphatic carbocycles. The molecule has 2 aromatic carbocycles. The van der Waals surface area contributed by atoms with Gasteiger partial charge in [-0.3, -0.25) is 9.59 Å². The minimum Gasteiger partial charge on any atom is -0.497 e. The van der Waals surface area contributed by atoms with Gasteiger partial charge in [-0.25, -0.2) is 0 Å². The molecule has 0 spiro atoms. The SMILES string of the molecule is COc1cccc(N2CC(C(=O)Nc3ccc(Nc4cc(N5CCOCC5)cnn4)cc3)CC2=O)c1. The zero-order valence-electron chi connectivity index (χ0n) is 20.0. The molecular weight excluding hydrogens is 460 g/mol. The summed E-state index contributed by atoms with van der Waals surface area (Å²) in [6.07, 6.45) is 1.92. The van der Waals surface area contributed by atoms with Crippen molar-refractivity contribution in [1.29, 1.82) is 0 Å². The van der Waals surface area contributed by atoms with Gasteiger partial charge in [-0.2, -0.15) is 5.10 Å². The van der Waals surface area contributed by atoms with E-state index in [0.717, 1.165) is 30.2 Å². The Morgan fingerprint density at radius 1 is 1.06 bits per heavy atom. The van der Waals surface area contributed by atoms with Crippen molar-refractivity contribution in [3.8, 4) is 5.75 Å². The van der Waals surface area contributed by atoms with E-state index in [1.54, 1.807) is 24.3 Å². The summed E-state index contributed by atoms with van der Waals surface area (Å²) in [7, 11) is 1.58. The maximum Gasteiger partial charge on any atom is 0.229 e. The molecule has 1 atom stereocenters. The minimum absolute atomic E-state index is 0.0802. The van der Waals surface area contributed by atoms with E-state index in [-0.39, 0.29) is 18.2 Å². The molecule has 3 aromatic rings. The summed E-state index contributed by atoms with van der Waals surface area (Å²) in [5.74, 6) is 0.611. The van der Waals surface area contributed by atoms with Crippen LogP contribution < -0.4 is 25.2 Å². The van der Waals surface area contributed by atoms with Crippen molar-refractivity contribution in [2.75, 3.05) is 60.4 Å². The van der Waals surface area contributed by atoms with Crippen LogP contribution in [-0.2, 0) is 14.3 Å². The van der Waals surface area contributed by atoms with E-state index in [1.807, 2.05) is 48.5 Å². The molecule has 2 saturated heterocycles. The van der Waals surface area contributed by atoms with Gasteiger partial charge in [0.05, 0.1) is 38.1 Å². The highest BCUT2D eigenvalue weighted by atomic mass is 16.5. The number of nitrogens with one attached hydrogen (secondary N) is 2. The van der Waals surface area contributed by atoms with Crippen molar-refractivity contribution in [3.63, 3.8) is 0 Å². The Hall–Kier alpha value is -4.18. The largest absolute Gasteiger partial charge is 0.497 e. The summed E-state index contributed by atoms with van der Waals surface area (Å²) in [5.41, 5.74) is 3.20. The van der Waals surface area contributed by atoms with Crippen molar-refractivity contribution >= 4 is 40.4 Å². The number of carbonyl (C=O) groups is 2. The van der Waals surface area contributed by atoms with Gasteiger partial charge in [-0.15, -0.1) is 5.10 Å². The van der Waals surface area contributed by atoms with Crippen LogP contribution in [0.4, 0.5) is 28.6 Å². The van der Waals surface area contributed by atoms with Gasteiger partial charge in [0.2, 0.25) is 11.8 Å². The third-order valence-corrected chi connectivity index (χ3v) is 6.30. The molecule has 1 unspecified atom stereocenters. The first-order valence-electron chi connectivity index (χ1n) is 11.9. The lowest BCUT2D eigenvalue weighted by atomic mass is 10.1. The van der Waals surface area contributed by atoms with Gasteiger partial charge >= 0.3 is 0 Å². The highest BCUT2D eigenvalue weighted by Gasteiger charge is 2.35. The second kappa shape index (κ2) is 10.6. The van der Waals surface area contributed by atoms with Crippen molar-refractivity contribution in [1.82, 2.24) is 10.2 Å². The second-order valence-electron chi connectivity index (χ2n) is 8.70. The van der Waals surface area contributed by atoms with Crippen molar-refractivity contribution in [2.24, 2.45) is 5.92 Å². The summed E-state index contributed by atoms with van der Waals surface area (Å²) >= 11 is 0. The number of methoxy groups -OCH3 is 1. The number of rotatable bonds is 7. The molecule has 0 saturated carbocycles. The van der Waals surface area contributed by atoms with Gasteiger partial charge in [-0.1, -0.05) is 6.07 Å². The first-order valence-corrected chi connectivity index (χ1v) is 11.9. The lowest BCUT2D eigenvalue weighted by molar-refractivity contribution is -0.122. The van der Waals surface area contributed by atoms with Crippen LogP contribution in [0, 0.1) is 5.92 Å².